The molecule has 1 aliphatic heterocycles. The Morgan fingerprint density at radius 1 is 1.27 bits per heavy atom. The average Bonchev–Trinajstić information content (AvgIpc) is 2.17. The van der Waals surface area contributed by atoms with Gasteiger partial charge in [-0.05, 0) is 32.2 Å². The zero-order valence-corrected chi connectivity index (χ0v) is 8.78. The number of hydrogen-bond acceptors (Lipinski definition) is 2. The fourth-order valence-corrected chi connectivity index (χ4v) is 1.65. The summed E-state index contributed by atoms with van der Waals surface area (Å²) in [5.41, 5.74) is 0. The number of hydrogen-bond donors (Lipinski definition) is 1. The Hall–Kier alpha value is -0.290. The standard InChI is InChI=1S/C10H18F3NO/c11-10(12,13)5-3-6-14-8-9-4-1-2-7-15-9/h9,14H,1-8H2. The molecule has 1 atom stereocenters. The number of halogens is 3. The lowest BCUT2D eigenvalue weighted by atomic mass is 10.1. The van der Waals surface area contributed by atoms with E-state index >= 15 is 0 Å². The Morgan fingerprint density at radius 2 is 2.07 bits per heavy atom. The molecule has 90 valence electrons. The summed E-state index contributed by atoms with van der Waals surface area (Å²) in [6.45, 7) is 1.88. The minimum absolute atomic E-state index is 0.149. The third-order valence-corrected chi connectivity index (χ3v) is 2.46. The van der Waals surface area contributed by atoms with E-state index in [0.717, 1.165) is 25.9 Å². The lowest BCUT2D eigenvalue weighted by Crippen LogP contribution is -2.32. The minimum Gasteiger partial charge on any atom is -0.377 e. The number of alkyl halides is 3. The van der Waals surface area contributed by atoms with E-state index in [1.807, 2.05) is 0 Å². The SMILES string of the molecule is FC(F)(F)CCCNCC1CCCCO1. The number of ether oxygens (including phenoxy) is 1. The summed E-state index contributed by atoms with van der Waals surface area (Å²) >= 11 is 0. The van der Waals surface area contributed by atoms with Gasteiger partial charge in [0.1, 0.15) is 0 Å². The average molecular weight is 225 g/mol. The first-order chi connectivity index (χ1) is 7.08. The lowest BCUT2D eigenvalue weighted by molar-refractivity contribution is -0.135. The van der Waals surface area contributed by atoms with Gasteiger partial charge in [-0.3, -0.25) is 0 Å². The molecule has 0 bridgehead atoms. The van der Waals surface area contributed by atoms with Crippen molar-refractivity contribution in [2.75, 3.05) is 19.7 Å². The van der Waals surface area contributed by atoms with E-state index in [-0.39, 0.29) is 12.5 Å². The number of rotatable bonds is 5. The molecule has 0 saturated carbocycles. The second-order valence-electron chi connectivity index (χ2n) is 3.91. The van der Waals surface area contributed by atoms with Gasteiger partial charge in [0.05, 0.1) is 6.10 Å². The first-order valence-corrected chi connectivity index (χ1v) is 5.47. The van der Waals surface area contributed by atoms with E-state index in [1.54, 1.807) is 0 Å². The molecule has 1 fully saturated rings. The molecule has 0 spiro atoms. The molecule has 1 N–H and O–H groups in total. The van der Waals surface area contributed by atoms with E-state index in [1.165, 1.54) is 0 Å². The van der Waals surface area contributed by atoms with Crippen LogP contribution in [0.1, 0.15) is 32.1 Å². The summed E-state index contributed by atoms with van der Waals surface area (Å²) < 4.78 is 40.8. The van der Waals surface area contributed by atoms with Crippen molar-refractivity contribution in [1.29, 1.82) is 0 Å². The normalized spacial score (nSPS) is 23.0. The zero-order chi connectivity index (χ0) is 11.1. The molecule has 1 aliphatic rings. The predicted octanol–water partition coefficient (Wildman–Crippen LogP) is 2.49. The molecular formula is C10H18F3NO. The quantitative estimate of drug-likeness (QED) is 0.726. The molecule has 0 aromatic heterocycles. The highest BCUT2D eigenvalue weighted by Gasteiger charge is 2.25. The van der Waals surface area contributed by atoms with Crippen molar-refractivity contribution in [3.8, 4) is 0 Å². The maximum Gasteiger partial charge on any atom is 0.389 e. The molecule has 1 rings (SSSR count). The van der Waals surface area contributed by atoms with Crippen LogP contribution in [0.25, 0.3) is 0 Å². The van der Waals surface area contributed by atoms with Crippen LogP contribution in [0.2, 0.25) is 0 Å². The van der Waals surface area contributed by atoms with Gasteiger partial charge in [0.15, 0.2) is 0 Å². The smallest absolute Gasteiger partial charge is 0.377 e. The van der Waals surface area contributed by atoms with Crippen LogP contribution < -0.4 is 5.32 Å². The molecule has 0 amide bonds. The van der Waals surface area contributed by atoms with E-state index < -0.39 is 12.6 Å². The van der Waals surface area contributed by atoms with Crippen LogP contribution >= 0.6 is 0 Å². The molecule has 1 unspecified atom stereocenters. The summed E-state index contributed by atoms with van der Waals surface area (Å²) in [4.78, 5) is 0. The van der Waals surface area contributed by atoms with Gasteiger partial charge >= 0.3 is 6.18 Å². The molecule has 0 radical (unpaired) electrons. The van der Waals surface area contributed by atoms with Gasteiger partial charge in [-0.2, -0.15) is 13.2 Å². The van der Waals surface area contributed by atoms with E-state index in [4.69, 9.17) is 4.74 Å². The van der Waals surface area contributed by atoms with Gasteiger partial charge in [0, 0.05) is 19.6 Å². The highest BCUT2D eigenvalue weighted by Crippen LogP contribution is 2.20. The Labute approximate surface area is 88.2 Å². The Morgan fingerprint density at radius 3 is 2.67 bits per heavy atom. The molecule has 1 saturated heterocycles. The summed E-state index contributed by atoms with van der Waals surface area (Å²) in [5, 5.41) is 3.00. The first-order valence-electron chi connectivity index (χ1n) is 5.47. The molecule has 15 heavy (non-hydrogen) atoms. The Kier molecular flexibility index (Phi) is 5.39. The fraction of sp³-hybridized carbons (Fsp3) is 1.00. The minimum atomic E-state index is -4.02. The van der Waals surface area contributed by atoms with Gasteiger partial charge in [0.25, 0.3) is 0 Å². The first kappa shape index (κ1) is 12.8. The van der Waals surface area contributed by atoms with Crippen molar-refractivity contribution in [3.05, 3.63) is 0 Å². The highest BCUT2D eigenvalue weighted by atomic mass is 19.4. The van der Waals surface area contributed by atoms with E-state index in [9.17, 15) is 13.2 Å². The van der Waals surface area contributed by atoms with Crippen molar-refractivity contribution in [3.63, 3.8) is 0 Å². The van der Waals surface area contributed by atoms with Crippen LogP contribution in [0.3, 0.4) is 0 Å². The van der Waals surface area contributed by atoms with Gasteiger partial charge in [0.2, 0.25) is 0 Å². The van der Waals surface area contributed by atoms with E-state index in [2.05, 4.69) is 5.32 Å². The van der Waals surface area contributed by atoms with Crippen LogP contribution in [0.4, 0.5) is 13.2 Å². The van der Waals surface area contributed by atoms with Gasteiger partial charge < -0.3 is 10.1 Å². The van der Waals surface area contributed by atoms with Crippen LogP contribution in [0.15, 0.2) is 0 Å². The molecule has 1 heterocycles. The molecule has 0 aliphatic carbocycles. The summed E-state index contributed by atoms with van der Waals surface area (Å²) in [6, 6.07) is 0. The van der Waals surface area contributed by atoms with Crippen LogP contribution in [0.5, 0.6) is 0 Å². The van der Waals surface area contributed by atoms with E-state index in [0.29, 0.717) is 13.1 Å². The summed E-state index contributed by atoms with van der Waals surface area (Å²) in [6.07, 6.45) is -1.10. The van der Waals surface area contributed by atoms with Crippen LogP contribution in [-0.4, -0.2) is 32.0 Å². The zero-order valence-electron chi connectivity index (χ0n) is 8.78. The third-order valence-electron chi connectivity index (χ3n) is 2.46. The Balaban J connectivity index is 1.92. The largest absolute Gasteiger partial charge is 0.389 e. The summed E-state index contributed by atoms with van der Waals surface area (Å²) in [5.74, 6) is 0. The summed E-state index contributed by atoms with van der Waals surface area (Å²) in [7, 11) is 0. The van der Waals surface area contributed by atoms with Crippen molar-refractivity contribution in [1.82, 2.24) is 5.32 Å². The number of nitrogens with one attached hydrogen (secondary N) is 1. The molecule has 0 aromatic carbocycles. The molecular weight excluding hydrogens is 207 g/mol. The molecule has 2 nitrogen and oxygen atoms in total. The maximum atomic E-state index is 11.8. The van der Waals surface area contributed by atoms with Crippen molar-refractivity contribution >= 4 is 0 Å². The Bertz CT molecular complexity index is 167. The van der Waals surface area contributed by atoms with Gasteiger partial charge in [-0.1, -0.05) is 0 Å². The second kappa shape index (κ2) is 6.33. The second-order valence-corrected chi connectivity index (χ2v) is 3.91. The van der Waals surface area contributed by atoms with Crippen LogP contribution in [-0.2, 0) is 4.74 Å². The van der Waals surface area contributed by atoms with Gasteiger partial charge in [-0.15, -0.1) is 0 Å². The third kappa shape index (κ3) is 6.73. The van der Waals surface area contributed by atoms with Gasteiger partial charge in [-0.25, -0.2) is 0 Å². The highest BCUT2D eigenvalue weighted by molar-refractivity contribution is 4.66. The predicted molar refractivity (Wildman–Crippen MR) is 51.7 cm³/mol. The van der Waals surface area contributed by atoms with Crippen molar-refractivity contribution < 1.29 is 17.9 Å². The van der Waals surface area contributed by atoms with Crippen molar-refractivity contribution in [2.45, 2.75) is 44.4 Å². The van der Waals surface area contributed by atoms with Crippen molar-refractivity contribution in [2.24, 2.45) is 0 Å². The molecule has 5 heteroatoms. The monoisotopic (exact) mass is 225 g/mol. The molecule has 0 aromatic rings. The van der Waals surface area contributed by atoms with Crippen LogP contribution in [0, 0.1) is 0 Å². The maximum absolute atomic E-state index is 11.8. The fourth-order valence-electron chi connectivity index (χ4n) is 1.65. The topological polar surface area (TPSA) is 21.3 Å². The lowest BCUT2D eigenvalue weighted by Gasteiger charge is -2.22.